The van der Waals surface area contributed by atoms with Crippen LogP contribution in [-0.4, -0.2) is 85.5 Å². The summed E-state index contributed by atoms with van der Waals surface area (Å²) in [4.78, 5) is 73.8. The summed E-state index contributed by atoms with van der Waals surface area (Å²) in [7, 11) is 0. The number of carbonyl (C=O) groups excluding carboxylic acids is 4. The van der Waals surface area contributed by atoms with Crippen molar-refractivity contribution in [3.8, 4) is 28.4 Å². The Morgan fingerprint density at radius 1 is 0.792 bits per heavy atom. The van der Waals surface area contributed by atoms with Gasteiger partial charge >= 0.3 is 29.8 Å². The van der Waals surface area contributed by atoms with E-state index in [1.807, 2.05) is 0 Å². The van der Waals surface area contributed by atoms with E-state index in [2.05, 4.69) is 0 Å². The number of aromatic carboxylic acids is 1. The molecule has 0 amide bonds. The molecule has 16 heteroatoms. The van der Waals surface area contributed by atoms with Gasteiger partial charge in [0, 0.05) is 33.8 Å². The largest absolute Gasteiger partial charge is 0.486 e. The summed E-state index contributed by atoms with van der Waals surface area (Å²) in [5.41, 5.74) is -0.837. The highest BCUT2D eigenvalue weighted by molar-refractivity contribution is 5.97. The smallest absolute Gasteiger partial charge is 0.372 e. The quantitative estimate of drug-likeness (QED) is 0.256. The van der Waals surface area contributed by atoms with Crippen LogP contribution in [0.25, 0.3) is 22.1 Å². The van der Waals surface area contributed by atoms with Gasteiger partial charge in [0.25, 0.3) is 0 Å². The molecule has 5 rings (SSSR count). The molecule has 0 aliphatic carbocycles. The van der Waals surface area contributed by atoms with Gasteiger partial charge in [-0.15, -0.1) is 0 Å². The predicted molar refractivity (Wildman–Crippen MR) is 158 cm³/mol. The summed E-state index contributed by atoms with van der Waals surface area (Å²) in [6, 6.07) is 8.45. The van der Waals surface area contributed by atoms with Crippen LogP contribution >= 0.6 is 0 Å². The molecule has 0 spiro atoms. The molecule has 3 aromatic rings. The Labute approximate surface area is 271 Å². The van der Waals surface area contributed by atoms with Crippen LogP contribution in [0.3, 0.4) is 0 Å². The fourth-order valence-corrected chi connectivity index (χ4v) is 5.28. The van der Waals surface area contributed by atoms with E-state index in [4.69, 9.17) is 42.3 Å². The van der Waals surface area contributed by atoms with Crippen LogP contribution in [0.1, 0.15) is 38.2 Å². The summed E-state index contributed by atoms with van der Waals surface area (Å²) < 4.78 is 50.0. The third-order valence-corrected chi connectivity index (χ3v) is 7.09. The number of carboxylic acid groups (broad SMARTS) is 1. The minimum absolute atomic E-state index is 0.00113. The first kappa shape index (κ1) is 33.7. The van der Waals surface area contributed by atoms with Crippen molar-refractivity contribution in [2.75, 3.05) is 19.8 Å². The molecule has 0 radical (unpaired) electrons. The van der Waals surface area contributed by atoms with Crippen LogP contribution in [-0.2, 0) is 42.9 Å². The molecule has 0 saturated carbocycles. The van der Waals surface area contributed by atoms with Gasteiger partial charge < -0.3 is 47.4 Å². The van der Waals surface area contributed by atoms with Crippen molar-refractivity contribution in [3.63, 3.8) is 0 Å². The van der Waals surface area contributed by atoms with E-state index in [0.29, 0.717) is 18.1 Å². The Kier molecular flexibility index (Phi) is 9.84. The van der Waals surface area contributed by atoms with E-state index in [9.17, 15) is 33.9 Å². The lowest BCUT2D eigenvalue weighted by Gasteiger charge is -2.43. The number of carbonyl (C=O) groups is 5. The zero-order valence-electron chi connectivity index (χ0n) is 26.0. The van der Waals surface area contributed by atoms with Crippen LogP contribution in [0.4, 0.5) is 0 Å². The van der Waals surface area contributed by atoms with Gasteiger partial charge in [-0.1, -0.05) is 6.07 Å². The monoisotopic (exact) mass is 670 g/mol. The van der Waals surface area contributed by atoms with Gasteiger partial charge in [0.15, 0.2) is 23.7 Å². The summed E-state index contributed by atoms with van der Waals surface area (Å²) in [6.45, 7) is 4.51. The molecule has 254 valence electrons. The minimum Gasteiger partial charge on any atom is -0.486 e. The number of hydrogen-bond acceptors (Lipinski definition) is 15. The summed E-state index contributed by atoms with van der Waals surface area (Å²) in [5, 5.41) is 10.0. The van der Waals surface area contributed by atoms with Crippen LogP contribution in [0.5, 0.6) is 17.2 Å². The summed E-state index contributed by atoms with van der Waals surface area (Å²) in [5.74, 6) is -4.63. The molecular weight excluding hydrogens is 640 g/mol. The maximum absolute atomic E-state index is 13.7. The number of rotatable bonds is 9. The molecule has 1 N–H and O–H groups in total. The number of fused-ring (bicyclic) bond motifs is 2. The van der Waals surface area contributed by atoms with Crippen molar-refractivity contribution in [2.24, 2.45) is 0 Å². The molecular formula is C32H30O16. The summed E-state index contributed by atoms with van der Waals surface area (Å²) in [6.07, 6.45) is -7.27. The maximum atomic E-state index is 13.7. The third-order valence-electron chi connectivity index (χ3n) is 7.09. The molecule has 2 aliphatic heterocycles. The fourth-order valence-electron chi connectivity index (χ4n) is 5.28. The molecule has 48 heavy (non-hydrogen) atoms. The Morgan fingerprint density at radius 3 is 2.08 bits per heavy atom. The predicted octanol–water partition coefficient (Wildman–Crippen LogP) is 2.39. The van der Waals surface area contributed by atoms with Gasteiger partial charge in [0.2, 0.25) is 23.6 Å². The lowest BCUT2D eigenvalue weighted by molar-refractivity contribution is -0.288. The Morgan fingerprint density at radius 2 is 1.44 bits per heavy atom. The van der Waals surface area contributed by atoms with E-state index in [1.165, 1.54) is 30.3 Å². The summed E-state index contributed by atoms with van der Waals surface area (Å²) >= 11 is 0. The number of ether oxygens (including phenoxy) is 8. The first-order chi connectivity index (χ1) is 22.8. The standard InChI is InChI=1S/C32H30O16/c1-14(33)42-13-24-27(43-15(2)34)29(44-16(3)35)30(45-17(4)36)32(48-24)46-19-6-7-20-22(12-19)47-28(31(38)39)25(26(20)37)18-5-8-21-23(11-18)41-10-9-40-21/h5-8,11-12,24,27,29-30,32H,9-10,13H2,1-4H3,(H,38,39)/t24-,27-,29+,30-,32+/m0/s1. The van der Waals surface area contributed by atoms with Gasteiger partial charge in [-0.2, -0.15) is 0 Å². The molecule has 1 aromatic heterocycles. The number of hydrogen-bond donors (Lipinski definition) is 1. The van der Waals surface area contributed by atoms with Crippen molar-refractivity contribution >= 4 is 40.8 Å². The first-order valence-electron chi connectivity index (χ1n) is 14.5. The van der Waals surface area contributed by atoms with E-state index in [-0.39, 0.29) is 34.5 Å². The molecule has 1 saturated heterocycles. The molecule has 2 aromatic carbocycles. The minimum atomic E-state index is -1.58. The topological polar surface area (TPSA) is 210 Å². The Balaban J connectivity index is 1.55. The molecule has 0 unspecified atom stereocenters. The van der Waals surface area contributed by atoms with Crippen LogP contribution < -0.4 is 19.6 Å². The molecule has 0 bridgehead atoms. The highest BCUT2D eigenvalue weighted by atomic mass is 16.7. The number of carboxylic acids is 1. The maximum Gasteiger partial charge on any atom is 0.372 e. The van der Waals surface area contributed by atoms with Crippen LogP contribution in [0, 0.1) is 0 Å². The fraction of sp³-hybridized carbons (Fsp3) is 0.375. The lowest BCUT2D eigenvalue weighted by atomic mass is 9.98. The van der Waals surface area contributed by atoms with Crippen molar-refractivity contribution in [1.29, 1.82) is 0 Å². The van der Waals surface area contributed by atoms with Gasteiger partial charge in [-0.25, -0.2) is 4.79 Å². The molecule has 16 nitrogen and oxygen atoms in total. The average Bonchev–Trinajstić information content (AvgIpc) is 3.01. The van der Waals surface area contributed by atoms with E-state index in [1.54, 1.807) is 6.07 Å². The van der Waals surface area contributed by atoms with Crippen molar-refractivity contribution in [2.45, 2.75) is 58.4 Å². The van der Waals surface area contributed by atoms with Crippen LogP contribution in [0.2, 0.25) is 0 Å². The Bertz CT molecular complexity index is 1830. The SMILES string of the molecule is CC(=O)OC[C@@H]1O[C@@H](Oc2ccc3c(=O)c(-c4ccc5c(c4)OCCO5)c(C(=O)O)oc3c2)[C@@H](OC(C)=O)[C@H](OC(C)=O)[C@H]1OC(C)=O. The molecule has 3 heterocycles. The third kappa shape index (κ3) is 7.33. The van der Waals surface area contributed by atoms with Crippen molar-refractivity contribution < 1.29 is 71.4 Å². The van der Waals surface area contributed by atoms with Gasteiger partial charge in [-0.3, -0.25) is 24.0 Å². The first-order valence-corrected chi connectivity index (χ1v) is 14.5. The highest BCUT2D eigenvalue weighted by Crippen LogP contribution is 2.36. The average molecular weight is 671 g/mol. The van der Waals surface area contributed by atoms with E-state index < -0.39 is 78.3 Å². The number of esters is 4. The van der Waals surface area contributed by atoms with E-state index >= 15 is 0 Å². The van der Waals surface area contributed by atoms with Gasteiger partial charge in [0.1, 0.15) is 37.3 Å². The molecule has 2 aliphatic rings. The van der Waals surface area contributed by atoms with Gasteiger partial charge in [0.05, 0.1) is 10.9 Å². The normalized spacial score (nSPS) is 21.5. The lowest BCUT2D eigenvalue weighted by Crippen LogP contribution is -2.63. The zero-order valence-corrected chi connectivity index (χ0v) is 26.0. The second-order valence-electron chi connectivity index (χ2n) is 10.6. The molecule has 5 atom stereocenters. The van der Waals surface area contributed by atoms with Crippen molar-refractivity contribution in [1.82, 2.24) is 0 Å². The molecule has 1 fully saturated rings. The van der Waals surface area contributed by atoms with Crippen LogP contribution in [0.15, 0.2) is 45.6 Å². The Hall–Kier alpha value is -5.64. The number of benzene rings is 2. The highest BCUT2D eigenvalue weighted by Gasteiger charge is 2.53. The van der Waals surface area contributed by atoms with Gasteiger partial charge in [-0.05, 0) is 29.8 Å². The van der Waals surface area contributed by atoms with E-state index in [0.717, 1.165) is 27.7 Å². The van der Waals surface area contributed by atoms with Crippen molar-refractivity contribution in [3.05, 3.63) is 52.4 Å². The second-order valence-corrected chi connectivity index (χ2v) is 10.6. The second kappa shape index (κ2) is 14.0. The zero-order chi connectivity index (χ0) is 34.7.